The molecule has 92 valence electrons. The maximum atomic E-state index is 13.0. The van der Waals surface area contributed by atoms with Crippen LogP contribution < -0.4 is 0 Å². The number of carbonyl (C=O) groups is 1. The maximum absolute atomic E-state index is 13.0. The molecular weight excluding hydrogens is 223 g/mol. The van der Waals surface area contributed by atoms with Crippen LogP contribution in [0.4, 0.5) is 4.39 Å². The number of hydrogen-bond acceptors (Lipinski definition) is 3. The van der Waals surface area contributed by atoms with E-state index >= 15 is 0 Å². The van der Waals surface area contributed by atoms with E-state index in [0.29, 0.717) is 12.0 Å². The molecule has 0 heterocycles. The Morgan fingerprint density at radius 3 is 2.65 bits per heavy atom. The topological polar surface area (TPSA) is 46.5 Å². The van der Waals surface area contributed by atoms with Gasteiger partial charge in [0.05, 0.1) is 18.3 Å². The van der Waals surface area contributed by atoms with Crippen molar-refractivity contribution in [3.63, 3.8) is 0 Å². The van der Waals surface area contributed by atoms with Gasteiger partial charge in [-0.3, -0.25) is 0 Å². The zero-order valence-corrected chi connectivity index (χ0v) is 9.38. The number of ether oxygens (including phenoxy) is 1. The maximum Gasteiger partial charge on any atom is 0.338 e. The summed E-state index contributed by atoms with van der Waals surface area (Å²) in [4.78, 5) is 11.6. The second kappa shape index (κ2) is 5.27. The number of aliphatic hydroxyl groups excluding tert-OH is 1. The average molecular weight is 238 g/mol. The van der Waals surface area contributed by atoms with Gasteiger partial charge in [-0.25, -0.2) is 9.18 Å². The lowest BCUT2D eigenvalue weighted by molar-refractivity contribution is 0.0431. The number of hydrogen-bond donors (Lipinski definition) is 1. The van der Waals surface area contributed by atoms with Gasteiger partial charge in [0.25, 0.3) is 0 Å². The fourth-order valence-electron chi connectivity index (χ4n) is 2.05. The van der Waals surface area contributed by atoms with Crippen molar-refractivity contribution in [2.75, 3.05) is 6.61 Å². The van der Waals surface area contributed by atoms with Gasteiger partial charge in [-0.2, -0.15) is 0 Å². The Balaban J connectivity index is 1.81. The molecule has 1 aliphatic carbocycles. The van der Waals surface area contributed by atoms with Crippen LogP contribution in [-0.4, -0.2) is 30.0 Å². The van der Waals surface area contributed by atoms with Crippen LogP contribution in [0.1, 0.15) is 23.2 Å². The van der Waals surface area contributed by atoms with Crippen molar-refractivity contribution in [2.24, 2.45) is 5.92 Å². The normalized spacial score (nSPS) is 28.0. The number of halogens is 1. The van der Waals surface area contributed by atoms with Gasteiger partial charge in [-0.1, -0.05) is 18.2 Å². The molecule has 4 heteroatoms. The molecule has 1 aliphatic rings. The van der Waals surface area contributed by atoms with Gasteiger partial charge < -0.3 is 9.84 Å². The fraction of sp³-hybridized carbons (Fsp3) is 0.462. The summed E-state index contributed by atoms with van der Waals surface area (Å²) in [5.74, 6) is -0.477. The minimum Gasteiger partial charge on any atom is -0.462 e. The molecule has 1 N–H and O–H groups in total. The van der Waals surface area contributed by atoms with Crippen molar-refractivity contribution in [2.45, 2.75) is 25.1 Å². The number of alkyl halides is 1. The summed E-state index contributed by atoms with van der Waals surface area (Å²) in [5, 5.41) is 9.23. The summed E-state index contributed by atoms with van der Waals surface area (Å²) < 4.78 is 18.1. The van der Waals surface area contributed by atoms with E-state index in [1.54, 1.807) is 24.3 Å². The number of benzene rings is 1. The van der Waals surface area contributed by atoms with E-state index in [4.69, 9.17) is 4.74 Å². The number of esters is 1. The Morgan fingerprint density at radius 1 is 1.35 bits per heavy atom. The molecule has 0 unspecified atom stereocenters. The summed E-state index contributed by atoms with van der Waals surface area (Å²) in [7, 11) is 0. The Bertz CT molecular complexity index is 370. The quantitative estimate of drug-likeness (QED) is 0.819. The molecule has 2 rings (SSSR count). The highest BCUT2D eigenvalue weighted by molar-refractivity contribution is 5.89. The molecule has 1 aromatic carbocycles. The SMILES string of the molecule is O=C(OC[C@@H]1C[C@@H](O)[C@H](F)C1)c1ccccc1. The molecule has 0 radical (unpaired) electrons. The number of carbonyl (C=O) groups excluding carboxylic acids is 1. The third-order valence-corrected chi connectivity index (χ3v) is 3.01. The van der Waals surface area contributed by atoms with Crippen molar-refractivity contribution in [3.8, 4) is 0 Å². The van der Waals surface area contributed by atoms with Crippen LogP contribution in [-0.2, 0) is 4.74 Å². The lowest BCUT2D eigenvalue weighted by Gasteiger charge is -2.09. The van der Waals surface area contributed by atoms with Crippen LogP contribution in [0.5, 0.6) is 0 Å². The molecule has 3 nitrogen and oxygen atoms in total. The van der Waals surface area contributed by atoms with Crippen LogP contribution >= 0.6 is 0 Å². The lowest BCUT2D eigenvalue weighted by Crippen LogP contribution is -2.13. The summed E-state index contributed by atoms with van der Waals surface area (Å²) in [6.45, 7) is 0.172. The van der Waals surface area contributed by atoms with Crippen molar-refractivity contribution >= 4 is 5.97 Å². The summed E-state index contributed by atoms with van der Waals surface area (Å²) in [6, 6.07) is 8.67. The monoisotopic (exact) mass is 238 g/mol. The highest BCUT2D eigenvalue weighted by Crippen LogP contribution is 2.28. The molecule has 17 heavy (non-hydrogen) atoms. The van der Waals surface area contributed by atoms with Crippen LogP contribution in [0, 0.1) is 5.92 Å². The fourth-order valence-corrected chi connectivity index (χ4v) is 2.05. The smallest absolute Gasteiger partial charge is 0.338 e. The molecule has 0 bridgehead atoms. The highest BCUT2D eigenvalue weighted by atomic mass is 19.1. The Labute approximate surface area is 99.2 Å². The van der Waals surface area contributed by atoms with Crippen molar-refractivity contribution in [1.29, 1.82) is 0 Å². The zero-order valence-electron chi connectivity index (χ0n) is 9.38. The van der Waals surface area contributed by atoms with E-state index in [9.17, 15) is 14.3 Å². The van der Waals surface area contributed by atoms with E-state index < -0.39 is 18.2 Å². The number of rotatable bonds is 3. The van der Waals surface area contributed by atoms with Crippen LogP contribution in [0.3, 0.4) is 0 Å². The molecule has 1 fully saturated rings. The molecule has 0 spiro atoms. The molecule has 3 atom stereocenters. The predicted octanol–water partition coefficient (Wildman–Crippen LogP) is 1.95. The van der Waals surface area contributed by atoms with E-state index in [1.807, 2.05) is 6.07 Å². The third-order valence-electron chi connectivity index (χ3n) is 3.01. The van der Waals surface area contributed by atoms with Crippen molar-refractivity contribution < 1.29 is 19.0 Å². The van der Waals surface area contributed by atoms with E-state index in [-0.39, 0.29) is 18.9 Å². The Morgan fingerprint density at radius 2 is 2.06 bits per heavy atom. The minimum atomic E-state index is -1.18. The van der Waals surface area contributed by atoms with Gasteiger partial charge in [0.15, 0.2) is 0 Å². The molecule has 1 aromatic rings. The number of aliphatic hydroxyl groups is 1. The summed E-state index contributed by atoms with van der Waals surface area (Å²) >= 11 is 0. The minimum absolute atomic E-state index is 0.0762. The van der Waals surface area contributed by atoms with E-state index in [2.05, 4.69) is 0 Å². The molecule has 1 saturated carbocycles. The first-order valence-electron chi connectivity index (χ1n) is 5.71. The van der Waals surface area contributed by atoms with Crippen molar-refractivity contribution in [3.05, 3.63) is 35.9 Å². The average Bonchev–Trinajstić information content (AvgIpc) is 2.67. The molecule has 0 amide bonds. The molecular formula is C13H15FO3. The second-order valence-corrected chi connectivity index (χ2v) is 4.39. The summed E-state index contributed by atoms with van der Waals surface area (Å²) in [5.41, 5.74) is 0.489. The van der Waals surface area contributed by atoms with Gasteiger partial charge in [0.1, 0.15) is 6.17 Å². The van der Waals surface area contributed by atoms with Gasteiger partial charge in [0, 0.05) is 0 Å². The lowest BCUT2D eigenvalue weighted by atomic mass is 10.1. The van der Waals surface area contributed by atoms with Crippen LogP contribution in [0.25, 0.3) is 0 Å². The molecule has 0 aliphatic heterocycles. The Hall–Kier alpha value is -1.42. The molecule has 0 aromatic heterocycles. The third kappa shape index (κ3) is 3.03. The van der Waals surface area contributed by atoms with Crippen LogP contribution in [0.2, 0.25) is 0 Å². The van der Waals surface area contributed by atoms with Gasteiger partial charge in [-0.05, 0) is 30.9 Å². The van der Waals surface area contributed by atoms with Crippen LogP contribution in [0.15, 0.2) is 30.3 Å². The van der Waals surface area contributed by atoms with E-state index in [0.717, 1.165) is 0 Å². The van der Waals surface area contributed by atoms with Crippen molar-refractivity contribution in [1.82, 2.24) is 0 Å². The second-order valence-electron chi connectivity index (χ2n) is 4.39. The Kier molecular flexibility index (Phi) is 3.74. The highest BCUT2D eigenvalue weighted by Gasteiger charge is 2.33. The van der Waals surface area contributed by atoms with E-state index in [1.165, 1.54) is 0 Å². The standard InChI is InChI=1S/C13H15FO3/c14-11-6-9(7-12(11)15)8-17-13(16)10-4-2-1-3-5-10/h1-5,9,11-12,15H,6-8H2/t9-,11+,12+/m0/s1. The van der Waals surface area contributed by atoms with Gasteiger partial charge >= 0.3 is 5.97 Å². The predicted molar refractivity (Wildman–Crippen MR) is 60.4 cm³/mol. The van der Waals surface area contributed by atoms with Gasteiger partial charge in [-0.15, -0.1) is 0 Å². The first-order valence-corrected chi connectivity index (χ1v) is 5.71. The summed E-state index contributed by atoms with van der Waals surface area (Å²) in [6.07, 6.45) is -1.46. The van der Waals surface area contributed by atoms with Gasteiger partial charge in [0.2, 0.25) is 0 Å². The first-order chi connectivity index (χ1) is 8.16. The largest absolute Gasteiger partial charge is 0.462 e. The molecule has 0 saturated heterocycles. The zero-order chi connectivity index (χ0) is 12.3. The first kappa shape index (κ1) is 12.0.